The molecule has 0 unspecified atom stereocenters. The molecule has 1 heterocycles. The summed E-state index contributed by atoms with van der Waals surface area (Å²) in [6.45, 7) is 4.68. The van der Waals surface area contributed by atoms with E-state index in [9.17, 15) is 9.59 Å². The van der Waals surface area contributed by atoms with Crippen molar-refractivity contribution >= 4 is 23.5 Å². The summed E-state index contributed by atoms with van der Waals surface area (Å²) in [5.74, 6) is -0.208. The topological polar surface area (TPSA) is 61.4 Å². The van der Waals surface area contributed by atoms with Gasteiger partial charge in [-0.2, -0.15) is 0 Å². The van der Waals surface area contributed by atoms with Gasteiger partial charge in [-0.25, -0.2) is 4.79 Å². The Hall–Kier alpha value is -1.59. The van der Waals surface area contributed by atoms with E-state index in [0.29, 0.717) is 18.1 Å². The van der Waals surface area contributed by atoms with Gasteiger partial charge >= 0.3 is 6.03 Å². The van der Waals surface area contributed by atoms with Gasteiger partial charge in [-0.05, 0) is 31.5 Å². The second-order valence-corrected chi connectivity index (χ2v) is 5.32. The van der Waals surface area contributed by atoms with Crippen LogP contribution in [0.2, 0.25) is 5.02 Å². The van der Waals surface area contributed by atoms with Crippen molar-refractivity contribution in [2.45, 2.75) is 25.9 Å². The van der Waals surface area contributed by atoms with E-state index in [0.717, 1.165) is 5.56 Å². The first-order valence-electron chi connectivity index (χ1n) is 6.59. The van der Waals surface area contributed by atoms with Crippen LogP contribution in [0.1, 0.15) is 25.5 Å². The Morgan fingerprint density at radius 3 is 2.55 bits per heavy atom. The minimum absolute atomic E-state index is 0.00289. The quantitative estimate of drug-likeness (QED) is 0.892. The van der Waals surface area contributed by atoms with E-state index < -0.39 is 6.04 Å². The Kier molecular flexibility index (Phi) is 4.62. The fraction of sp³-hybridized carbons (Fsp3) is 0.429. The number of halogens is 1. The van der Waals surface area contributed by atoms with E-state index in [1.807, 2.05) is 31.2 Å². The van der Waals surface area contributed by atoms with Crippen molar-refractivity contribution in [2.75, 3.05) is 13.1 Å². The molecule has 3 amide bonds. The zero-order valence-electron chi connectivity index (χ0n) is 11.5. The summed E-state index contributed by atoms with van der Waals surface area (Å²) in [7, 11) is 0. The number of nitrogens with zero attached hydrogens (tertiary/aromatic N) is 1. The second-order valence-electron chi connectivity index (χ2n) is 4.88. The van der Waals surface area contributed by atoms with Gasteiger partial charge in [0.1, 0.15) is 0 Å². The molecule has 1 saturated heterocycles. The fourth-order valence-corrected chi connectivity index (χ4v) is 2.34. The van der Waals surface area contributed by atoms with E-state index in [2.05, 4.69) is 10.6 Å². The largest absolute Gasteiger partial charge is 0.336 e. The summed E-state index contributed by atoms with van der Waals surface area (Å²) in [6.07, 6.45) is 0. The van der Waals surface area contributed by atoms with Crippen molar-refractivity contribution in [1.82, 2.24) is 15.5 Å². The van der Waals surface area contributed by atoms with Gasteiger partial charge in [0.15, 0.2) is 0 Å². The normalized spacial score (nSPS) is 17.8. The maximum absolute atomic E-state index is 12.2. The highest BCUT2D eigenvalue weighted by molar-refractivity contribution is 6.30. The molecular formula is C14H18ClN3O2. The van der Waals surface area contributed by atoms with Crippen molar-refractivity contribution < 1.29 is 9.59 Å². The minimum atomic E-state index is -0.426. The number of hydrogen-bond acceptors (Lipinski definition) is 3. The molecule has 20 heavy (non-hydrogen) atoms. The highest BCUT2D eigenvalue weighted by Crippen LogP contribution is 2.17. The van der Waals surface area contributed by atoms with E-state index in [1.54, 1.807) is 6.92 Å². The number of hydrogen-bond donors (Lipinski definition) is 2. The number of rotatable bonds is 4. The van der Waals surface area contributed by atoms with E-state index in [4.69, 9.17) is 11.6 Å². The van der Waals surface area contributed by atoms with Crippen LogP contribution in [-0.4, -0.2) is 36.0 Å². The lowest BCUT2D eigenvalue weighted by Crippen LogP contribution is -2.46. The Labute approximate surface area is 123 Å². The Morgan fingerprint density at radius 1 is 1.35 bits per heavy atom. The second kappa shape index (κ2) is 6.24. The third kappa shape index (κ3) is 3.29. The summed E-state index contributed by atoms with van der Waals surface area (Å²) in [4.78, 5) is 24.9. The lowest BCUT2D eigenvalue weighted by Gasteiger charge is -2.23. The highest BCUT2D eigenvalue weighted by atomic mass is 35.5. The average Bonchev–Trinajstić information content (AvgIpc) is 2.84. The Morgan fingerprint density at radius 2 is 2.00 bits per heavy atom. The van der Waals surface area contributed by atoms with Gasteiger partial charge in [0.2, 0.25) is 5.91 Å². The molecule has 0 saturated carbocycles. The molecule has 0 aliphatic carbocycles. The van der Waals surface area contributed by atoms with Gasteiger partial charge in [0.05, 0.1) is 6.04 Å². The molecule has 0 bridgehead atoms. The van der Waals surface area contributed by atoms with Crippen molar-refractivity contribution in [3.63, 3.8) is 0 Å². The van der Waals surface area contributed by atoms with Gasteiger partial charge in [-0.15, -0.1) is 0 Å². The Bertz CT molecular complexity index is 504. The molecule has 1 aromatic rings. The number of benzene rings is 1. The van der Waals surface area contributed by atoms with Crippen LogP contribution in [0.5, 0.6) is 0 Å². The van der Waals surface area contributed by atoms with Gasteiger partial charge < -0.3 is 5.32 Å². The van der Waals surface area contributed by atoms with Crippen LogP contribution in [0.3, 0.4) is 0 Å². The first-order valence-corrected chi connectivity index (χ1v) is 6.97. The first kappa shape index (κ1) is 14.8. The van der Waals surface area contributed by atoms with Crippen LogP contribution in [0.4, 0.5) is 4.79 Å². The molecule has 0 spiro atoms. The number of carbonyl (C=O) groups is 2. The van der Waals surface area contributed by atoms with E-state index >= 15 is 0 Å². The van der Waals surface area contributed by atoms with Gasteiger partial charge in [0, 0.05) is 24.2 Å². The van der Waals surface area contributed by atoms with Crippen LogP contribution in [0.25, 0.3) is 0 Å². The van der Waals surface area contributed by atoms with Crippen molar-refractivity contribution in [1.29, 1.82) is 0 Å². The van der Waals surface area contributed by atoms with Crippen LogP contribution in [-0.2, 0) is 4.79 Å². The number of imide groups is 1. The molecule has 2 rings (SSSR count). The molecular weight excluding hydrogens is 278 g/mol. The molecule has 1 fully saturated rings. The fourth-order valence-electron chi connectivity index (χ4n) is 2.21. The lowest BCUT2D eigenvalue weighted by molar-refractivity contribution is -0.129. The third-order valence-electron chi connectivity index (χ3n) is 3.36. The molecule has 1 aliphatic rings. The molecule has 2 atom stereocenters. The number of nitrogens with one attached hydrogen (secondary N) is 2. The van der Waals surface area contributed by atoms with Gasteiger partial charge in [0.25, 0.3) is 0 Å². The van der Waals surface area contributed by atoms with Crippen LogP contribution >= 0.6 is 11.6 Å². The highest BCUT2D eigenvalue weighted by Gasteiger charge is 2.30. The summed E-state index contributed by atoms with van der Waals surface area (Å²) in [6, 6.07) is 6.72. The molecule has 0 radical (unpaired) electrons. The lowest BCUT2D eigenvalue weighted by atomic mass is 10.1. The number of amides is 3. The average molecular weight is 296 g/mol. The summed E-state index contributed by atoms with van der Waals surface area (Å²) in [5.41, 5.74) is 1.04. The Balaban J connectivity index is 1.96. The first-order chi connectivity index (χ1) is 9.49. The van der Waals surface area contributed by atoms with Crippen LogP contribution < -0.4 is 10.6 Å². The van der Waals surface area contributed by atoms with Crippen LogP contribution in [0, 0.1) is 0 Å². The third-order valence-corrected chi connectivity index (χ3v) is 3.62. The maximum atomic E-state index is 12.2. The molecule has 1 aliphatic heterocycles. The molecule has 5 nitrogen and oxygen atoms in total. The van der Waals surface area contributed by atoms with Crippen molar-refractivity contribution in [3.05, 3.63) is 34.9 Å². The standard InChI is InChI=1S/C14H18ClN3O2/c1-9(11-3-5-12(15)6-4-11)17-10(2)13(19)18-8-7-16-14(18)20/h3-6,9-10,17H,7-8H2,1-2H3,(H,16,20)/t9-,10+/m0/s1. The number of urea groups is 1. The van der Waals surface area contributed by atoms with E-state index in [-0.39, 0.29) is 18.0 Å². The smallest absolute Gasteiger partial charge is 0.324 e. The van der Waals surface area contributed by atoms with Gasteiger partial charge in [-0.3, -0.25) is 15.0 Å². The van der Waals surface area contributed by atoms with Crippen molar-refractivity contribution in [2.24, 2.45) is 0 Å². The molecule has 0 aromatic heterocycles. The summed E-state index contributed by atoms with van der Waals surface area (Å²) in [5, 5.41) is 6.50. The van der Waals surface area contributed by atoms with Gasteiger partial charge in [-0.1, -0.05) is 23.7 Å². The predicted molar refractivity (Wildman–Crippen MR) is 77.6 cm³/mol. The molecule has 108 valence electrons. The minimum Gasteiger partial charge on any atom is -0.336 e. The molecule has 1 aromatic carbocycles. The zero-order chi connectivity index (χ0) is 14.7. The monoisotopic (exact) mass is 295 g/mol. The number of carbonyl (C=O) groups excluding carboxylic acids is 2. The molecule has 6 heteroatoms. The SMILES string of the molecule is C[C@H](N[C@H](C)C(=O)N1CCNC1=O)c1ccc(Cl)cc1. The molecule has 2 N–H and O–H groups in total. The zero-order valence-corrected chi connectivity index (χ0v) is 12.3. The van der Waals surface area contributed by atoms with Crippen molar-refractivity contribution in [3.8, 4) is 0 Å². The predicted octanol–water partition coefficient (Wildman–Crippen LogP) is 1.93. The maximum Gasteiger partial charge on any atom is 0.324 e. The summed E-state index contributed by atoms with van der Waals surface area (Å²) >= 11 is 5.85. The van der Waals surface area contributed by atoms with Crippen LogP contribution in [0.15, 0.2) is 24.3 Å². The van der Waals surface area contributed by atoms with E-state index in [1.165, 1.54) is 4.90 Å². The summed E-state index contributed by atoms with van der Waals surface area (Å²) < 4.78 is 0.